The number of carbonyl (C=O) groups excluding carboxylic acids is 1. The van der Waals surface area contributed by atoms with Crippen LogP contribution in [0.15, 0.2) is 6.20 Å². The average Bonchev–Trinajstić information content (AvgIpc) is 2.91. The van der Waals surface area contributed by atoms with Crippen molar-refractivity contribution in [1.82, 2.24) is 9.55 Å². The van der Waals surface area contributed by atoms with Crippen LogP contribution in [0.25, 0.3) is 0 Å². The third kappa shape index (κ3) is 1.04. The van der Waals surface area contributed by atoms with E-state index in [1.165, 1.54) is 18.7 Å². The quantitative estimate of drug-likeness (QED) is 0.661. The molecule has 0 aromatic carbocycles. The maximum Gasteiger partial charge on any atom is 0.132 e. The van der Waals surface area contributed by atoms with Gasteiger partial charge in [-0.15, -0.1) is 0 Å². The van der Waals surface area contributed by atoms with Crippen molar-refractivity contribution in [2.45, 2.75) is 44.1 Å². The first-order chi connectivity index (χ1) is 6.84. The number of aromatic nitrogens is 2. The Morgan fingerprint density at radius 2 is 2.29 bits per heavy atom. The number of aryl methyl sites for hydroxylation is 2. The van der Waals surface area contributed by atoms with Gasteiger partial charge in [0.1, 0.15) is 12.1 Å². The lowest BCUT2D eigenvalue weighted by molar-refractivity contribution is -0.109. The van der Waals surface area contributed by atoms with Gasteiger partial charge in [-0.2, -0.15) is 0 Å². The minimum atomic E-state index is -0.190. The lowest BCUT2D eigenvalue weighted by Gasteiger charge is -2.11. The molecule has 0 saturated heterocycles. The number of rotatable bonds is 2. The van der Waals surface area contributed by atoms with Gasteiger partial charge >= 0.3 is 0 Å². The van der Waals surface area contributed by atoms with Gasteiger partial charge in [0.2, 0.25) is 0 Å². The summed E-state index contributed by atoms with van der Waals surface area (Å²) in [6, 6.07) is 0. The van der Waals surface area contributed by atoms with Crippen molar-refractivity contribution < 1.29 is 4.79 Å². The summed E-state index contributed by atoms with van der Waals surface area (Å²) >= 11 is 0. The second-order valence-electron chi connectivity index (χ2n) is 4.47. The summed E-state index contributed by atoms with van der Waals surface area (Å²) in [6.45, 7) is 1.08. The normalized spacial score (nSPS) is 22.9. The minimum absolute atomic E-state index is 0.190. The van der Waals surface area contributed by atoms with Crippen LogP contribution in [0.1, 0.15) is 37.2 Å². The van der Waals surface area contributed by atoms with Gasteiger partial charge in [-0.3, -0.25) is 0 Å². The van der Waals surface area contributed by atoms with E-state index in [4.69, 9.17) is 0 Å². The zero-order valence-corrected chi connectivity index (χ0v) is 8.20. The molecule has 2 heterocycles. The maximum atomic E-state index is 11.0. The summed E-state index contributed by atoms with van der Waals surface area (Å²) in [7, 11) is 0. The van der Waals surface area contributed by atoms with Gasteiger partial charge in [-0.05, 0) is 25.7 Å². The van der Waals surface area contributed by atoms with Gasteiger partial charge in [-0.25, -0.2) is 4.98 Å². The van der Waals surface area contributed by atoms with E-state index in [2.05, 4.69) is 15.7 Å². The number of hydrogen-bond donors (Lipinski definition) is 0. The number of imidazole rings is 1. The predicted molar refractivity (Wildman–Crippen MR) is 52.1 cm³/mol. The highest BCUT2D eigenvalue weighted by molar-refractivity contribution is 5.71. The van der Waals surface area contributed by atoms with E-state index in [-0.39, 0.29) is 5.41 Å². The van der Waals surface area contributed by atoms with E-state index >= 15 is 0 Å². The van der Waals surface area contributed by atoms with Crippen molar-refractivity contribution in [3.8, 4) is 0 Å². The standard InChI is InChI=1S/C11H14N2O/c14-8-11(4-5-11)9-7-13-6-2-1-3-10(13)12-9/h7-8H,1-6H2. The first-order valence-electron chi connectivity index (χ1n) is 5.37. The summed E-state index contributed by atoms with van der Waals surface area (Å²) in [5.74, 6) is 1.18. The molecule has 1 aromatic rings. The maximum absolute atomic E-state index is 11.0. The van der Waals surface area contributed by atoms with Crippen LogP contribution in [0.5, 0.6) is 0 Å². The molecule has 0 spiro atoms. The first-order valence-corrected chi connectivity index (χ1v) is 5.37. The largest absolute Gasteiger partial charge is 0.335 e. The van der Waals surface area contributed by atoms with Gasteiger partial charge in [0.15, 0.2) is 0 Å². The number of aldehydes is 1. The van der Waals surface area contributed by atoms with Crippen molar-refractivity contribution in [1.29, 1.82) is 0 Å². The highest BCUT2D eigenvalue weighted by Crippen LogP contribution is 2.45. The number of nitrogens with zero attached hydrogens (tertiary/aromatic N) is 2. The molecular weight excluding hydrogens is 176 g/mol. The summed E-state index contributed by atoms with van der Waals surface area (Å²) < 4.78 is 2.22. The number of hydrogen-bond acceptors (Lipinski definition) is 2. The number of fused-ring (bicyclic) bond motifs is 1. The first kappa shape index (κ1) is 8.21. The molecule has 1 aliphatic heterocycles. The van der Waals surface area contributed by atoms with E-state index in [0.717, 1.165) is 37.8 Å². The molecule has 0 radical (unpaired) electrons. The van der Waals surface area contributed by atoms with Gasteiger partial charge < -0.3 is 9.36 Å². The monoisotopic (exact) mass is 190 g/mol. The predicted octanol–water partition coefficient (Wildman–Crippen LogP) is 1.45. The minimum Gasteiger partial charge on any atom is -0.335 e. The molecule has 0 N–H and O–H groups in total. The molecule has 3 heteroatoms. The van der Waals surface area contributed by atoms with Crippen molar-refractivity contribution in [3.05, 3.63) is 17.7 Å². The third-order valence-electron chi connectivity index (χ3n) is 3.43. The molecule has 3 nitrogen and oxygen atoms in total. The topological polar surface area (TPSA) is 34.9 Å². The Morgan fingerprint density at radius 3 is 2.93 bits per heavy atom. The number of carbonyl (C=O) groups is 1. The van der Waals surface area contributed by atoms with Crippen molar-refractivity contribution in [3.63, 3.8) is 0 Å². The Kier molecular flexibility index (Phi) is 1.58. The molecule has 3 rings (SSSR count). The fourth-order valence-corrected chi connectivity index (χ4v) is 2.22. The Morgan fingerprint density at radius 1 is 1.43 bits per heavy atom. The molecule has 1 saturated carbocycles. The van der Waals surface area contributed by atoms with Crippen LogP contribution < -0.4 is 0 Å². The molecule has 0 amide bonds. The molecule has 74 valence electrons. The van der Waals surface area contributed by atoms with Gasteiger partial charge in [-0.1, -0.05) is 0 Å². The van der Waals surface area contributed by atoms with E-state index < -0.39 is 0 Å². The van der Waals surface area contributed by atoms with Crippen molar-refractivity contribution in [2.75, 3.05) is 0 Å². The molecule has 1 aliphatic carbocycles. The van der Waals surface area contributed by atoms with Crippen LogP contribution >= 0.6 is 0 Å². The lowest BCUT2D eigenvalue weighted by atomic mass is 10.1. The van der Waals surface area contributed by atoms with Gasteiger partial charge in [0, 0.05) is 19.2 Å². The molecule has 1 fully saturated rings. The van der Waals surface area contributed by atoms with Crippen LogP contribution in [-0.4, -0.2) is 15.8 Å². The molecular formula is C11H14N2O. The van der Waals surface area contributed by atoms with Crippen LogP contribution in [0.2, 0.25) is 0 Å². The van der Waals surface area contributed by atoms with E-state index in [1.54, 1.807) is 0 Å². The van der Waals surface area contributed by atoms with Crippen LogP contribution in [0, 0.1) is 0 Å². The second kappa shape index (κ2) is 2.69. The van der Waals surface area contributed by atoms with Gasteiger partial charge in [0.05, 0.1) is 11.1 Å². The molecule has 14 heavy (non-hydrogen) atoms. The van der Waals surface area contributed by atoms with E-state index in [9.17, 15) is 4.79 Å². The Bertz CT molecular complexity index is 353. The van der Waals surface area contributed by atoms with Crippen molar-refractivity contribution in [2.24, 2.45) is 0 Å². The third-order valence-corrected chi connectivity index (χ3v) is 3.43. The van der Waals surface area contributed by atoms with Crippen LogP contribution in [0.3, 0.4) is 0 Å². The molecule has 0 atom stereocenters. The van der Waals surface area contributed by atoms with Crippen molar-refractivity contribution >= 4 is 6.29 Å². The Hall–Kier alpha value is -1.12. The smallest absolute Gasteiger partial charge is 0.132 e. The van der Waals surface area contributed by atoms with Crippen LogP contribution in [-0.2, 0) is 23.2 Å². The lowest BCUT2D eigenvalue weighted by Crippen LogP contribution is -2.09. The molecule has 1 aromatic heterocycles. The zero-order chi connectivity index (χ0) is 9.60. The second-order valence-corrected chi connectivity index (χ2v) is 4.47. The summed E-state index contributed by atoms with van der Waals surface area (Å²) in [5.41, 5.74) is 0.828. The summed E-state index contributed by atoms with van der Waals surface area (Å²) in [6.07, 6.45) is 8.73. The van der Waals surface area contributed by atoms with E-state index in [0.29, 0.717) is 0 Å². The Labute approximate surface area is 83.1 Å². The average molecular weight is 190 g/mol. The highest BCUT2D eigenvalue weighted by Gasteiger charge is 2.46. The SMILES string of the molecule is O=CC1(c2cn3c(n2)CCCC3)CC1. The zero-order valence-electron chi connectivity index (χ0n) is 8.20. The Balaban J connectivity index is 2.00. The van der Waals surface area contributed by atoms with E-state index in [1.807, 2.05) is 0 Å². The highest BCUT2D eigenvalue weighted by atomic mass is 16.1. The fraction of sp³-hybridized carbons (Fsp3) is 0.636. The molecule has 2 aliphatic rings. The summed E-state index contributed by atoms with van der Waals surface area (Å²) in [4.78, 5) is 15.5. The molecule has 0 unspecified atom stereocenters. The fourth-order valence-electron chi connectivity index (χ4n) is 2.22. The van der Waals surface area contributed by atoms with Crippen LogP contribution in [0.4, 0.5) is 0 Å². The molecule has 0 bridgehead atoms. The van der Waals surface area contributed by atoms with Gasteiger partial charge in [0.25, 0.3) is 0 Å². The summed E-state index contributed by atoms with van der Waals surface area (Å²) in [5, 5.41) is 0.